The van der Waals surface area contributed by atoms with Crippen molar-refractivity contribution < 1.29 is 10.6 Å². The maximum Gasteiger partial charge on any atom is 0.268 e. The summed E-state index contributed by atoms with van der Waals surface area (Å²) in [7, 11) is 0. The molecule has 0 atom stereocenters. The second-order valence-corrected chi connectivity index (χ2v) is 7.97. The number of rotatable bonds is 5. The third-order valence-electron chi connectivity index (χ3n) is 5.75. The zero-order chi connectivity index (χ0) is 22.6. The third kappa shape index (κ3) is 4.59. The number of hydrogen-bond donors (Lipinski definition) is 0. The number of amides is 1. The lowest BCUT2D eigenvalue weighted by molar-refractivity contribution is -0.130. The summed E-state index contributed by atoms with van der Waals surface area (Å²) in [5.74, 6) is 1.68. The van der Waals surface area contributed by atoms with Crippen molar-refractivity contribution in [1.29, 1.82) is 0 Å². The highest BCUT2D eigenvalue weighted by atomic mass is 16.4. The molecular formula is C25H26N6O2. The molecule has 8 nitrogen and oxygen atoms in total. The standard InChI is InChI=1S/C25H24N6O2.H2/c1-18-23(25-29-28-24(33-25)20-10-6-3-7-11-20)27-21(17-26-18)30-12-14-31(15-13-30)22(32)16-19-8-4-2-5-9-19;/h2-11,17H,12-16H2,1H3;1H. The second-order valence-electron chi connectivity index (χ2n) is 7.97. The first-order chi connectivity index (χ1) is 16.2. The van der Waals surface area contributed by atoms with Crippen LogP contribution in [0.4, 0.5) is 5.82 Å². The molecule has 1 amide bonds. The van der Waals surface area contributed by atoms with E-state index in [9.17, 15) is 4.79 Å². The van der Waals surface area contributed by atoms with Crippen LogP contribution in [0.1, 0.15) is 12.7 Å². The molecule has 5 rings (SSSR count). The van der Waals surface area contributed by atoms with Crippen LogP contribution in [0.15, 0.2) is 71.3 Å². The van der Waals surface area contributed by atoms with Crippen molar-refractivity contribution in [3.8, 4) is 23.0 Å². The first-order valence-corrected chi connectivity index (χ1v) is 11.0. The highest BCUT2D eigenvalue weighted by molar-refractivity contribution is 5.79. The highest BCUT2D eigenvalue weighted by Crippen LogP contribution is 2.26. The van der Waals surface area contributed by atoms with Gasteiger partial charge in [-0.3, -0.25) is 9.78 Å². The van der Waals surface area contributed by atoms with Crippen LogP contribution in [0.3, 0.4) is 0 Å². The molecule has 0 radical (unpaired) electrons. The van der Waals surface area contributed by atoms with Crippen LogP contribution >= 0.6 is 0 Å². The molecule has 0 N–H and O–H groups in total. The number of aromatic nitrogens is 4. The molecule has 0 spiro atoms. The van der Waals surface area contributed by atoms with Gasteiger partial charge in [0.25, 0.3) is 5.89 Å². The Morgan fingerprint density at radius 3 is 2.33 bits per heavy atom. The van der Waals surface area contributed by atoms with Crippen LogP contribution in [0, 0.1) is 6.92 Å². The second kappa shape index (κ2) is 9.20. The lowest BCUT2D eigenvalue weighted by atomic mass is 10.1. The van der Waals surface area contributed by atoms with E-state index in [0.29, 0.717) is 50.1 Å². The van der Waals surface area contributed by atoms with E-state index in [1.807, 2.05) is 72.5 Å². The number of piperazine rings is 1. The third-order valence-corrected chi connectivity index (χ3v) is 5.75. The number of hydrogen-bond acceptors (Lipinski definition) is 7. The summed E-state index contributed by atoms with van der Waals surface area (Å²) in [6.45, 7) is 4.55. The van der Waals surface area contributed by atoms with E-state index in [2.05, 4.69) is 20.1 Å². The summed E-state index contributed by atoms with van der Waals surface area (Å²) in [6, 6.07) is 19.5. The van der Waals surface area contributed by atoms with Crippen molar-refractivity contribution in [3.63, 3.8) is 0 Å². The smallest absolute Gasteiger partial charge is 0.268 e. The molecule has 2 aromatic carbocycles. The van der Waals surface area contributed by atoms with Crippen molar-refractivity contribution in [2.24, 2.45) is 0 Å². The van der Waals surface area contributed by atoms with Gasteiger partial charge < -0.3 is 14.2 Å². The van der Waals surface area contributed by atoms with Crippen LogP contribution in [0.2, 0.25) is 0 Å². The molecule has 0 unspecified atom stereocenters. The molecule has 1 saturated heterocycles. The quantitative estimate of drug-likeness (QED) is 0.466. The summed E-state index contributed by atoms with van der Waals surface area (Å²) in [4.78, 5) is 26.0. The zero-order valence-corrected chi connectivity index (χ0v) is 18.4. The SMILES string of the molecule is Cc1ncc(N2CCN(C(=O)Cc3ccccc3)CC2)nc1-c1nnc(-c2ccccc2)o1.[HH]. The van der Waals surface area contributed by atoms with Gasteiger partial charge in [-0.2, -0.15) is 0 Å². The molecule has 0 aliphatic carbocycles. The molecule has 0 saturated carbocycles. The van der Waals surface area contributed by atoms with Crippen LogP contribution in [0.5, 0.6) is 0 Å². The Hall–Kier alpha value is -4.07. The Labute approximate surface area is 193 Å². The normalized spacial score (nSPS) is 13.8. The average Bonchev–Trinajstić information content (AvgIpc) is 3.36. The van der Waals surface area contributed by atoms with Crippen molar-refractivity contribution in [2.75, 3.05) is 31.1 Å². The zero-order valence-electron chi connectivity index (χ0n) is 18.4. The van der Waals surface area contributed by atoms with E-state index >= 15 is 0 Å². The molecule has 2 aromatic heterocycles. The predicted molar refractivity (Wildman–Crippen MR) is 127 cm³/mol. The summed E-state index contributed by atoms with van der Waals surface area (Å²) in [5.41, 5.74) is 3.19. The Morgan fingerprint density at radius 1 is 0.939 bits per heavy atom. The number of benzene rings is 2. The van der Waals surface area contributed by atoms with Crippen molar-refractivity contribution >= 4 is 11.7 Å². The first kappa shape index (κ1) is 20.8. The largest absolute Gasteiger partial charge is 0.415 e. The molecule has 1 aliphatic heterocycles. The van der Waals surface area contributed by atoms with E-state index in [4.69, 9.17) is 9.40 Å². The van der Waals surface area contributed by atoms with Gasteiger partial charge in [0, 0.05) is 33.2 Å². The fraction of sp³-hybridized carbons (Fsp3) is 0.240. The Balaban J connectivity index is 0.00000274. The maximum absolute atomic E-state index is 12.7. The van der Waals surface area contributed by atoms with Crippen molar-refractivity contribution in [2.45, 2.75) is 13.3 Å². The van der Waals surface area contributed by atoms with Gasteiger partial charge in [0.05, 0.1) is 18.3 Å². The monoisotopic (exact) mass is 442 g/mol. The molecule has 8 heteroatoms. The Bertz CT molecular complexity index is 1240. The molecule has 168 valence electrons. The Morgan fingerprint density at radius 2 is 1.61 bits per heavy atom. The van der Waals surface area contributed by atoms with Crippen molar-refractivity contribution in [1.82, 2.24) is 25.1 Å². The average molecular weight is 443 g/mol. The summed E-state index contributed by atoms with van der Waals surface area (Å²) >= 11 is 0. The molecule has 33 heavy (non-hydrogen) atoms. The van der Waals surface area contributed by atoms with Gasteiger partial charge in [-0.15, -0.1) is 10.2 Å². The highest BCUT2D eigenvalue weighted by Gasteiger charge is 2.23. The topological polar surface area (TPSA) is 88.3 Å². The fourth-order valence-electron chi connectivity index (χ4n) is 3.88. The van der Waals surface area contributed by atoms with Gasteiger partial charge in [-0.05, 0) is 24.6 Å². The molecule has 4 aromatic rings. The minimum atomic E-state index is 0. The van der Waals surface area contributed by atoms with E-state index in [1.54, 1.807) is 6.20 Å². The summed E-state index contributed by atoms with van der Waals surface area (Å²) in [6.07, 6.45) is 2.19. The van der Waals surface area contributed by atoms with Gasteiger partial charge in [-0.25, -0.2) is 4.98 Å². The minimum absolute atomic E-state index is 0. The summed E-state index contributed by atoms with van der Waals surface area (Å²) in [5, 5.41) is 8.36. The van der Waals surface area contributed by atoms with E-state index in [1.165, 1.54) is 0 Å². The summed E-state index contributed by atoms with van der Waals surface area (Å²) < 4.78 is 5.89. The van der Waals surface area contributed by atoms with E-state index < -0.39 is 0 Å². The van der Waals surface area contributed by atoms with Crippen LogP contribution < -0.4 is 4.90 Å². The van der Waals surface area contributed by atoms with Crippen LogP contribution in [-0.4, -0.2) is 57.2 Å². The first-order valence-electron chi connectivity index (χ1n) is 11.0. The lowest BCUT2D eigenvalue weighted by Gasteiger charge is -2.35. The maximum atomic E-state index is 12.7. The van der Waals surface area contributed by atoms with Crippen molar-refractivity contribution in [3.05, 3.63) is 78.1 Å². The molecular weight excluding hydrogens is 416 g/mol. The van der Waals surface area contributed by atoms with Crippen LogP contribution in [0.25, 0.3) is 23.0 Å². The number of nitrogens with zero attached hydrogens (tertiary/aromatic N) is 6. The van der Waals surface area contributed by atoms with Gasteiger partial charge in [0.2, 0.25) is 11.8 Å². The van der Waals surface area contributed by atoms with Gasteiger partial charge >= 0.3 is 0 Å². The molecule has 3 heterocycles. The van der Waals surface area contributed by atoms with Gasteiger partial charge in [-0.1, -0.05) is 48.5 Å². The van der Waals surface area contributed by atoms with Crippen LogP contribution in [-0.2, 0) is 11.2 Å². The number of carbonyl (C=O) groups excluding carboxylic acids is 1. The predicted octanol–water partition coefficient (Wildman–Crippen LogP) is 3.64. The van der Waals surface area contributed by atoms with E-state index in [-0.39, 0.29) is 7.33 Å². The number of aryl methyl sites for hydroxylation is 1. The van der Waals surface area contributed by atoms with Gasteiger partial charge in [0.1, 0.15) is 5.82 Å². The Kier molecular flexibility index (Phi) is 5.80. The minimum Gasteiger partial charge on any atom is -0.415 e. The van der Waals surface area contributed by atoms with Gasteiger partial charge in [0.15, 0.2) is 5.69 Å². The van der Waals surface area contributed by atoms with E-state index in [0.717, 1.165) is 22.6 Å². The molecule has 0 bridgehead atoms. The fourth-order valence-corrected chi connectivity index (χ4v) is 3.88. The molecule has 1 aliphatic rings. The number of carbonyl (C=O) groups is 1. The molecule has 1 fully saturated rings. The lowest BCUT2D eigenvalue weighted by Crippen LogP contribution is -2.49. The number of anilines is 1.